The average molecular weight is 260 g/mol. The van der Waals surface area contributed by atoms with E-state index in [1.165, 1.54) is 11.1 Å². The monoisotopic (exact) mass is 260 g/mol. The van der Waals surface area contributed by atoms with E-state index < -0.39 is 0 Å². The summed E-state index contributed by atoms with van der Waals surface area (Å²) < 4.78 is 0. The summed E-state index contributed by atoms with van der Waals surface area (Å²) in [5, 5.41) is 3.02. The Hall–Kier alpha value is -1.35. The summed E-state index contributed by atoms with van der Waals surface area (Å²) >= 11 is 0. The van der Waals surface area contributed by atoms with Gasteiger partial charge in [0.05, 0.1) is 0 Å². The van der Waals surface area contributed by atoms with Crippen LogP contribution in [0, 0.1) is 12.3 Å². The SMILES string of the molecule is Cc1ccccc1CCCC(=O)NCC1(CN)CC1. The molecule has 3 N–H and O–H groups in total. The van der Waals surface area contributed by atoms with Crippen molar-refractivity contribution >= 4 is 5.91 Å². The number of benzene rings is 1. The largest absolute Gasteiger partial charge is 0.355 e. The van der Waals surface area contributed by atoms with Crippen molar-refractivity contribution < 1.29 is 4.79 Å². The molecule has 1 amide bonds. The van der Waals surface area contributed by atoms with Crippen LogP contribution in [0.15, 0.2) is 24.3 Å². The van der Waals surface area contributed by atoms with Gasteiger partial charge in [-0.15, -0.1) is 0 Å². The maximum absolute atomic E-state index is 11.8. The fourth-order valence-electron chi connectivity index (χ4n) is 2.33. The van der Waals surface area contributed by atoms with E-state index in [9.17, 15) is 4.79 Å². The molecular formula is C16H24N2O. The Labute approximate surface area is 115 Å². The molecule has 1 aliphatic carbocycles. The first-order valence-corrected chi connectivity index (χ1v) is 7.16. The van der Waals surface area contributed by atoms with E-state index in [0.29, 0.717) is 13.0 Å². The first-order chi connectivity index (χ1) is 9.15. The Morgan fingerprint density at radius 1 is 1.37 bits per heavy atom. The normalized spacial score (nSPS) is 16.1. The number of hydrogen-bond donors (Lipinski definition) is 2. The Bertz CT molecular complexity index is 438. The summed E-state index contributed by atoms with van der Waals surface area (Å²) in [4.78, 5) is 11.8. The van der Waals surface area contributed by atoms with Gasteiger partial charge in [-0.05, 0) is 55.7 Å². The van der Waals surface area contributed by atoms with E-state index in [-0.39, 0.29) is 11.3 Å². The van der Waals surface area contributed by atoms with Crippen LogP contribution >= 0.6 is 0 Å². The topological polar surface area (TPSA) is 55.1 Å². The van der Waals surface area contributed by atoms with Gasteiger partial charge in [0.25, 0.3) is 0 Å². The second-order valence-corrected chi connectivity index (χ2v) is 5.76. The molecule has 0 radical (unpaired) electrons. The summed E-state index contributed by atoms with van der Waals surface area (Å²) in [5.41, 5.74) is 8.58. The van der Waals surface area contributed by atoms with E-state index in [4.69, 9.17) is 5.73 Å². The summed E-state index contributed by atoms with van der Waals surface area (Å²) in [6, 6.07) is 8.36. The van der Waals surface area contributed by atoms with Crippen LogP contribution < -0.4 is 11.1 Å². The molecule has 0 aliphatic heterocycles. The van der Waals surface area contributed by atoms with Crippen LogP contribution in [0.3, 0.4) is 0 Å². The van der Waals surface area contributed by atoms with Gasteiger partial charge in [0, 0.05) is 13.0 Å². The first-order valence-electron chi connectivity index (χ1n) is 7.16. The maximum Gasteiger partial charge on any atom is 0.220 e. The van der Waals surface area contributed by atoms with Crippen molar-refractivity contribution in [2.24, 2.45) is 11.1 Å². The standard InChI is InChI=1S/C16H24N2O/c1-13-5-2-3-6-14(13)7-4-8-15(19)18-12-16(11-17)9-10-16/h2-3,5-6H,4,7-12,17H2,1H3,(H,18,19). The molecule has 1 saturated carbocycles. The number of aryl methyl sites for hydroxylation is 2. The molecule has 0 saturated heterocycles. The lowest BCUT2D eigenvalue weighted by Crippen LogP contribution is -2.33. The van der Waals surface area contributed by atoms with E-state index in [1.54, 1.807) is 0 Å². The van der Waals surface area contributed by atoms with Crippen molar-refractivity contribution in [1.29, 1.82) is 0 Å². The fourth-order valence-corrected chi connectivity index (χ4v) is 2.33. The van der Waals surface area contributed by atoms with Gasteiger partial charge in [-0.25, -0.2) is 0 Å². The highest BCUT2D eigenvalue weighted by Crippen LogP contribution is 2.43. The minimum atomic E-state index is 0.160. The molecule has 0 heterocycles. The highest BCUT2D eigenvalue weighted by molar-refractivity contribution is 5.75. The Morgan fingerprint density at radius 2 is 2.11 bits per heavy atom. The van der Waals surface area contributed by atoms with E-state index in [2.05, 4.69) is 30.4 Å². The zero-order chi connectivity index (χ0) is 13.7. The Kier molecular flexibility index (Phi) is 4.59. The lowest BCUT2D eigenvalue weighted by Gasteiger charge is -2.13. The van der Waals surface area contributed by atoms with E-state index in [1.807, 2.05) is 6.07 Å². The molecule has 1 aromatic carbocycles. The predicted octanol–water partition coefficient (Wildman–Crippen LogP) is 2.17. The van der Waals surface area contributed by atoms with Crippen molar-refractivity contribution in [2.75, 3.05) is 13.1 Å². The molecular weight excluding hydrogens is 236 g/mol. The molecule has 0 unspecified atom stereocenters. The summed E-state index contributed by atoms with van der Waals surface area (Å²) in [6.07, 6.45) is 4.81. The molecule has 0 aromatic heterocycles. The quantitative estimate of drug-likeness (QED) is 0.789. The summed E-state index contributed by atoms with van der Waals surface area (Å²) in [7, 11) is 0. The Balaban J connectivity index is 1.65. The minimum Gasteiger partial charge on any atom is -0.355 e. The Morgan fingerprint density at radius 3 is 2.74 bits per heavy atom. The van der Waals surface area contributed by atoms with Crippen LogP contribution in [0.2, 0.25) is 0 Å². The first kappa shape index (κ1) is 14.1. The third-order valence-electron chi connectivity index (χ3n) is 4.16. The second kappa shape index (κ2) is 6.20. The molecule has 3 nitrogen and oxygen atoms in total. The summed E-state index contributed by atoms with van der Waals surface area (Å²) in [6.45, 7) is 3.57. The van der Waals surface area contributed by atoms with E-state index in [0.717, 1.165) is 32.2 Å². The van der Waals surface area contributed by atoms with Crippen molar-refractivity contribution in [2.45, 2.75) is 39.0 Å². The molecule has 104 valence electrons. The highest BCUT2D eigenvalue weighted by Gasteiger charge is 2.41. The van der Waals surface area contributed by atoms with Gasteiger partial charge < -0.3 is 11.1 Å². The highest BCUT2D eigenvalue weighted by atomic mass is 16.1. The number of carbonyl (C=O) groups is 1. The molecule has 1 aromatic rings. The molecule has 1 aliphatic rings. The molecule has 1 fully saturated rings. The molecule has 3 heteroatoms. The second-order valence-electron chi connectivity index (χ2n) is 5.76. The van der Waals surface area contributed by atoms with Crippen LogP contribution in [0.1, 0.15) is 36.8 Å². The predicted molar refractivity (Wildman–Crippen MR) is 77.8 cm³/mol. The minimum absolute atomic E-state index is 0.160. The number of nitrogens with one attached hydrogen (secondary N) is 1. The number of carbonyl (C=O) groups excluding carboxylic acids is 1. The molecule has 0 bridgehead atoms. The van der Waals surface area contributed by atoms with Crippen LogP contribution in [0.25, 0.3) is 0 Å². The van der Waals surface area contributed by atoms with Crippen LogP contribution in [0.5, 0.6) is 0 Å². The van der Waals surface area contributed by atoms with Crippen molar-refractivity contribution in [3.8, 4) is 0 Å². The number of hydrogen-bond acceptors (Lipinski definition) is 2. The third-order valence-corrected chi connectivity index (χ3v) is 4.16. The van der Waals surface area contributed by atoms with Gasteiger partial charge in [0.1, 0.15) is 0 Å². The van der Waals surface area contributed by atoms with Gasteiger partial charge in [0.15, 0.2) is 0 Å². The zero-order valence-corrected chi connectivity index (χ0v) is 11.7. The van der Waals surface area contributed by atoms with Gasteiger partial charge in [0.2, 0.25) is 5.91 Å². The van der Waals surface area contributed by atoms with Gasteiger partial charge in [-0.3, -0.25) is 4.79 Å². The number of rotatable bonds is 7. The maximum atomic E-state index is 11.8. The number of amides is 1. The summed E-state index contributed by atoms with van der Waals surface area (Å²) in [5.74, 6) is 0.160. The average Bonchev–Trinajstić information content (AvgIpc) is 3.19. The van der Waals surface area contributed by atoms with Crippen molar-refractivity contribution in [3.63, 3.8) is 0 Å². The van der Waals surface area contributed by atoms with E-state index >= 15 is 0 Å². The van der Waals surface area contributed by atoms with Gasteiger partial charge in [-0.1, -0.05) is 24.3 Å². The van der Waals surface area contributed by atoms with Crippen molar-refractivity contribution in [1.82, 2.24) is 5.32 Å². The van der Waals surface area contributed by atoms with Crippen LogP contribution in [-0.2, 0) is 11.2 Å². The van der Waals surface area contributed by atoms with Gasteiger partial charge >= 0.3 is 0 Å². The fraction of sp³-hybridized carbons (Fsp3) is 0.562. The molecule has 0 spiro atoms. The lowest BCUT2D eigenvalue weighted by molar-refractivity contribution is -0.121. The van der Waals surface area contributed by atoms with Crippen LogP contribution in [-0.4, -0.2) is 19.0 Å². The lowest BCUT2D eigenvalue weighted by atomic mass is 10.0. The number of nitrogens with two attached hydrogens (primary N) is 1. The molecule has 2 rings (SSSR count). The van der Waals surface area contributed by atoms with Crippen molar-refractivity contribution in [3.05, 3.63) is 35.4 Å². The third kappa shape index (κ3) is 4.06. The molecule has 0 atom stereocenters. The van der Waals surface area contributed by atoms with Crippen LogP contribution in [0.4, 0.5) is 0 Å². The zero-order valence-electron chi connectivity index (χ0n) is 11.7. The smallest absolute Gasteiger partial charge is 0.220 e. The van der Waals surface area contributed by atoms with Gasteiger partial charge in [-0.2, -0.15) is 0 Å². The molecule has 19 heavy (non-hydrogen) atoms.